The van der Waals surface area contributed by atoms with Crippen LogP contribution in [0.4, 0.5) is 5.69 Å². The van der Waals surface area contributed by atoms with E-state index in [0.29, 0.717) is 40.9 Å². The van der Waals surface area contributed by atoms with E-state index in [9.17, 15) is 14.9 Å². The molecule has 8 heteroatoms. The molecule has 0 spiro atoms. The number of amides is 2. The molecule has 0 radical (unpaired) electrons. The Morgan fingerprint density at radius 3 is 2.69 bits per heavy atom. The molecule has 1 saturated heterocycles. The molecule has 4 heterocycles. The molecular formula is C28H26ClN5O2. The molecule has 2 aliphatic rings. The minimum absolute atomic E-state index is 0.0848. The second kappa shape index (κ2) is 9.36. The summed E-state index contributed by atoms with van der Waals surface area (Å²) in [5.41, 5.74) is 3.51. The first-order chi connectivity index (χ1) is 17.3. The molecule has 0 N–H and O–H groups in total. The number of likely N-dealkylation sites (tertiary alicyclic amines) is 1. The molecule has 0 atom stereocenters. The minimum atomic E-state index is -0.599. The van der Waals surface area contributed by atoms with E-state index in [1.807, 2.05) is 31.0 Å². The van der Waals surface area contributed by atoms with Crippen molar-refractivity contribution in [2.75, 3.05) is 18.0 Å². The van der Waals surface area contributed by atoms with Crippen molar-refractivity contribution in [2.45, 2.75) is 38.6 Å². The molecule has 2 amide bonds. The summed E-state index contributed by atoms with van der Waals surface area (Å²) >= 11 is 6.16. The minimum Gasteiger partial charge on any atom is -0.337 e. The fraction of sp³-hybridized carbons (Fsp3) is 0.321. The van der Waals surface area contributed by atoms with Crippen LogP contribution in [0.3, 0.4) is 0 Å². The van der Waals surface area contributed by atoms with Crippen molar-refractivity contribution in [1.82, 2.24) is 14.9 Å². The van der Waals surface area contributed by atoms with E-state index in [0.717, 1.165) is 36.1 Å². The van der Waals surface area contributed by atoms with Gasteiger partial charge >= 0.3 is 0 Å². The molecule has 36 heavy (non-hydrogen) atoms. The fourth-order valence-electron chi connectivity index (χ4n) is 5.32. The normalized spacial score (nSPS) is 17.1. The summed E-state index contributed by atoms with van der Waals surface area (Å²) < 4.78 is 0. The van der Waals surface area contributed by atoms with Gasteiger partial charge in [0.2, 0.25) is 0 Å². The highest BCUT2D eigenvalue weighted by atomic mass is 35.5. The number of piperidine rings is 1. The highest BCUT2D eigenvalue weighted by Crippen LogP contribution is 2.42. The SMILES string of the molecule is CC1(C)c2cc(C#N)ccc2C(=O)N1c1cncc(CC2CCN(C(=O)c3ncccc3Cl)CC2)c1. The van der Waals surface area contributed by atoms with E-state index in [2.05, 4.69) is 16.0 Å². The molecule has 3 aromatic rings. The van der Waals surface area contributed by atoms with Crippen LogP contribution in [0.25, 0.3) is 0 Å². The quantitative estimate of drug-likeness (QED) is 0.504. The van der Waals surface area contributed by atoms with Gasteiger partial charge in [-0.15, -0.1) is 0 Å². The zero-order chi connectivity index (χ0) is 25.4. The van der Waals surface area contributed by atoms with Crippen molar-refractivity contribution in [2.24, 2.45) is 5.92 Å². The van der Waals surface area contributed by atoms with Gasteiger partial charge in [-0.3, -0.25) is 19.5 Å². The average Bonchev–Trinajstić information content (AvgIpc) is 3.08. The third kappa shape index (κ3) is 4.22. The van der Waals surface area contributed by atoms with Crippen molar-refractivity contribution in [3.8, 4) is 6.07 Å². The Kier molecular flexibility index (Phi) is 6.23. The predicted octanol–water partition coefficient (Wildman–Crippen LogP) is 4.99. The van der Waals surface area contributed by atoms with Crippen LogP contribution in [0.15, 0.2) is 55.0 Å². The van der Waals surface area contributed by atoms with Crippen molar-refractivity contribution in [3.05, 3.63) is 88.0 Å². The molecule has 1 aromatic carbocycles. The first kappa shape index (κ1) is 24.0. The summed E-state index contributed by atoms with van der Waals surface area (Å²) in [6.07, 6.45) is 7.72. The highest BCUT2D eigenvalue weighted by molar-refractivity contribution is 6.33. The third-order valence-electron chi connectivity index (χ3n) is 7.23. The Bertz CT molecular complexity index is 1390. The largest absolute Gasteiger partial charge is 0.337 e. The summed E-state index contributed by atoms with van der Waals surface area (Å²) in [7, 11) is 0. The van der Waals surface area contributed by atoms with E-state index in [-0.39, 0.29) is 11.8 Å². The summed E-state index contributed by atoms with van der Waals surface area (Å²) in [5, 5.41) is 9.68. The number of carbonyl (C=O) groups is 2. The Balaban J connectivity index is 1.28. The van der Waals surface area contributed by atoms with Gasteiger partial charge in [0.25, 0.3) is 11.8 Å². The summed E-state index contributed by atoms with van der Waals surface area (Å²) in [6, 6.07) is 12.8. The molecule has 0 bridgehead atoms. The number of anilines is 1. The Labute approximate surface area is 215 Å². The summed E-state index contributed by atoms with van der Waals surface area (Å²) in [4.78, 5) is 38.3. The van der Waals surface area contributed by atoms with Crippen LogP contribution in [0.2, 0.25) is 5.02 Å². The molecule has 7 nitrogen and oxygen atoms in total. The zero-order valence-corrected chi connectivity index (χ0v) is 21.0. The van der Waals surface area contributed by atoms with Gasteiger partial charge in [-0.05, 0) is 86.6 Å². The first-order valence-corrected chi connectivity index (χ1v) is 12.4. The van der Waals surface area contributed by atoms with Crippen molar-refractivity contribution < 1.29 is 9.59 Å². The van der Waals surface area contributed by atoms with E-state index in [4.69, 9.17) is 11.6 Å². The maximum atomic E-state index is 13.3. The van der Waals surface area contributed by atoms with Gasteiger partial charge in [0.15, 0.2) is 0 Å². The Morgan fingerprint density at radius 2 is 1.97 bits per heavy atom. The molecule has 0 unspecified atom stereocenters. The number of pyridine rings is 2. The second-order valence-electron chi connectivity index (χ2n) is 9.90. The van der Waals surface area contributed by atoms with Crippen LogP contribution in [0, 0.1) is 17.2 Å². The van der Waals surface area contributed by atoms with Gasteiger partial charge in [-0.25, -0.2) is 4.98 Å². The number of hydrogen-bond acceptors (Lipinski definition) is 5. The van der Waals surface area contributed by atoms with E-state index < -0.39 is 5.54 Å². The lowest BCUT2D eigenvalue weighted by Gasteiger charge is -2.33. The number of fused-ring (bicyclic) bond motifs is 1. The van der Waals surface area contributed by atoms with Gasteiger partial charge in [0.05, 0.1) is 34.1 Å². The molecule has 5 rings (SSSR count). The predicted molar refractivity (Wildman–Crippen MR) is 137 cm³/mol. The topological polar surface area (TPSA) is 90.2 Å². The number of benzene rings is 1. The van der Waals surface area contributed by atoms with Crippen molar-refractivity contribution in [1.29, 1.82) is 5.26 Å². The zero-order valence-electron chi connectivity index (χ0n) is 20.2. The lowest BCUT2D eigenvalue weighted by molar-refractivity contribution is 0.0684. The van der Waals surface area contributed by atoms with E-state index >= 15 is 0 Å². The van der Waals surface area contributed by atoms with Crippen LogP contribution < -0.4 is 4.90 Å². The average molecular weight is 500 g/mol. The molecule has 182 valence electrons. The lowest BCUT2D eigenvalue weighted by Crippen LogP contribution is -2.40. The van der Waals surface area contributed by atoms with Gasteiger partial charge in [0.1, 0.15) is 5.69 Å². The van der Waals surface area contributed by atoms with Crippen LogP contribution in [-0.2, 0) is 12.0 Å². The van der Waals surface area contributed by atoms with Gasteiger partial charge in [-0.1, -0.05) is 11.6 Å². The number of carbonyl (C=O) groups excluding carboxylic acids is 2. The number of rotatable bonds is 4. The number of nitriles is 1. The van der Waals surface area contributed by atoms with Crippen LogP contribution in [0.1, 0.15) is 64.2 Å². The Hall–Kier alpha value is -3.76. The standard InChI is InChI=1S/C28H26ClN5O2/c1-28(2)23-14-19(15-30)5-6-22(23)26(35)34(28)21-13-20(16-31-17-21)12-18-7-10-33(11-8-18)27(36)25-24(29)4-3-9-32-25/h3-6,9,13-14,16-18H,7-8,10-12H2,1-2H3. The van der Waals surface area contributed by atoms with Gasteiger partial charge in [0, 0.05) is 31.0 Å². The van der Waals surface area contributed by atoms with Gasteiger partial charge < -0.3 is 4.90 Å². The Morgan fingerprint density at radius 1 is 1.19 bits per heavy atom. The lowest BCUT2D eigenvalue weighted by atomic mass is 9.90. The van der Waals surface area contributed by atoms with Crippen LogP contribution >= 0.6 is 11.6 Å². The third-order valence-corrected chi connectivity index (χ3v) is 7.53. The molecule has 2 aliphatic heterocycles. The van der Waals surface area contributed by atoms with E-state index in [1.54, 1.807) is 47.6 Å². The molecular weight excluding hydrogens is 474 g/mol. The monoisotopic (exact) mass is 499 g/mol. The number of nitrogens with zero attached hydrogens (tertiary/aromatic N) is 5. The smallest absolute Gasteiger partial charge is 0.273 e. The van der Waals surface area contributed by atoms with Gasteiger partial charge in [-0.2, -0.15) is 5.26 Å². The highest BCUT2D eigenvalue weighted by Gasteiger charge is 2.44. The number of aromatic nitrogens is 2. The molecule has 0 aliphatic carbocycles. The molecule has 0 saturated carbocycles. The summed E-state index contributed by atoms with van der Waals surface area (Å²) in [6.45, 7) is 5.28. The molecule has 2 aromatic heterocycles. The van der Waals surface area contributed by atoms with Crippen LogP contribution in [-0.4, -0.2) is 39.8 Å². The summed E-state index contributed by atoms with van der Waals surface area (Å²) in [5.74, 6) is 0.193. The second-order valence-corrected chi connectivity index (χ2v) is 10.3. The van der Waals surface area contributed by atoms with Crippen LogP contribution in [0.5, 0.6) is 0 Å². The first-order valence-electron chi connectivity index (χ1n) is 12.0. The maximum Gasteiger partial charge on any atom is 0.273 e. The van der Waals surface area contributed by atoms with Crippen molar-refractivity contribution in [3.63, 3.8) is 0 Å². The van der Waals surface area contributed by atoms with Crippen molar-refractivity contribution >= 4 is 29.1 Å². The number of halogens is 1. The number of hydrogen-bond donors (Lipinski definition) is 0. The molecule has 1 fully saturated rings. The van der Waals surface area contributed by atoms with E-state index in [1.165, 1.54) is 0 Å². The maximum absolute atomic E-state index is 13.3. The fourth-order valence-corrected chi connectivity index (χ4v) is 5.52.